The lowest BCUT2D eigenvalue weighted by Crippen LogP contribution is -2.30. The van der Waals surface area contributed by atoms with Crippen molar-refractivity contribution in [3.05, 3.63) is 55.5 Å². The molecule has 3 aromatic rings. The molecule has 0 fully saturated rings. The second-order valence-electron chi connectivity index (χ2n) is 6.06. The van der Waals surface area contributed by atoms with Crippen LogP contribution in [0.15, 0.2) is 24.3 Å². The highest BCUT2D eigenvalue weighted by atomic mass is 35.5. The second-order valence-corrected chi connectivity index (χ2v) is 8.43. The van der Waals surface area contributed by atoms with Gasteiger partial charge in [0.25, 0.3) is 0 Å². The fourth-order valence-corrected chi connectivity index (χ4v) is 5.58. The first kappa shape index (κ1) is 18.3. The summed E-state index contributed by atoms with van der Waals surface area (Å²) in [7, 11) is 0. The van der Waals surface area contributed by atoms with Gasteiger partial charge in [-0.1, -0.05) is 34.8 Å². The molecule has 0 amide bonds. The van der Waals surface area contributed by atoms with Crippen molar-refractivity contribution in [1.29, 1.82) is 10.7 Å². The Bertz CT molecular complexity index is 1090. The number of nitrogens with zero attached hydrogens (tertiary/aromatic N) is 2. The zero-order valence-corrected chi connectivity index (χ0v) is 16.9. The molecule has 3 heterocycles. The maximum Gasteiger partial charge on any atom is 0.243 e. The molecule has 0 aliphatic carbocycles. The Labute approximate surface area is 174 Å². The van der Waals surface area contributed by atoms with Crippen LogP contribution in [0.5, 0.6) is 5.88 Å². The maximum atomic E-state index is 9.64. The average molecular weight is 438 g/mol. The van der Waals surface area contributed by atoms with Gasteiger partial charge >= 0.3 is 0 Å². The van der Waals surface area contributed by atoms with Crippen LogP contribution in [-0.2, 0) is 0 Å². The van der Waals surface area contributed by atoms with Gasteiger partial charge in [0.1, 0.15) is 5.92 Å². The molecule has 1 aromatic carbocycles. The first-order chi connectivity index (χ1) is 12.9. The van der Waals surface area contributed by atoms with Gasteiger partial charge in [0.15, 0.2) is 0 Å². The molecule has 9 heteroatoms. The van der Waals surface area contributed by atoms with Crippen molar-refractivity contribution in [1.82, 2.24) is 10.2 Å². The summed E-state index contributed by atoms with van der Waals surface area (Å²) in [5.74, 6) is -0.865. The number of hydrogen-bond acceptors (Lipinski definition) is 5. The summed E-state index contributed by atoms with van der Waals surface area (Å²) in [5.41, 5.74) is 2.29. The van der Waals surface area contributed by atoms with Gasteiger partial charge in [0, 0.05) is 31.6 Å². The number of thiophene rings is 1. The maximum absolute atomic E-state index is 9.64. The molecule has 0 spiro atoms. The fraction of sp³-hybridized carbons (Fsp3) is 0.167. The van der Waals surface area contributed by atoms with E-state index in [2.05, 4.69) is 16.3 Å². The van der Waals surface area contributed by atoms with E-state index in [1.54, 1.807) is 12.1 Å². The Morgan fingerprint density at radius 1 is 1.26 bits per heavy atom. The first-order valence-corrected chi connectivity index (χ1v) is 9.81. The number of halogens is 3. The quantitative estimate of drug-likeness (QED) is 0.512. The molecule has 136 valence electrons. The lowest BCUT2D eigenvalue weighted by Gasteiger charge is -2.26. The largest absolute Gasteiger partial charge is 0.422 e. The smallest absolute Gasteiger partial charge is 0.243 e. The average Bonchev–Trinajstić information content (AvgIpc) is 3.20. The van der Waals surface area contributed by atoms with E-state index in [1.807, 2.05) is 19.1 Å². The van der Waals surface area contributed by atoms with Crippen LogP contribution >= 0.6 is 46.1 Å². The molecule has 1 aliphatic rings. The fourth-order valence-electron chi connectivity index (χ4n) is 3.22. The number of hydrogen-bond donors (Lipinski definition) is 2. The van der Waals surface area contributed by atoms with Crippen LogP contribution in [0.3, 0.4) is 0 Å². The standard InChI is InChI=1S/C18H11Cl3N4OS/c1-7-14-15(9(6-22)17(23)26-18(14)25-24-7)12-2-3-13(27-12)16-10(20)4-8(19)5-11(16)21/h2-5,9,15,23H,1H3,(H,24,25). The summed E-state index contributed by atoms with van der Waals surface area (Å²) in [4.78, 5) is 1.76. The highest BCUT2D eigenvalue weighted by Gasteiger charge is 2.40. The van der Waals surface area contributed by atoms with Crippen LogP contribution in [0, 0.1) is 29.6 Å². The van der Waals surface area contributed by atoms with Crippen molar-refractivity contribution in [2.45, 2.75) is 12.8 Å². The van der Waals surface area contributed by atoms with Crippen molar-refractivity contribution in [2.24, 2.45) is 5.92 Å². The minimum atomic E-state index is -0.739. The lowest BCUT2D eigenvalue weighted by atomic mass is 9.83. The molecule has 27 heavy (non-hydrogen) atoms. The summed E-state index contributed by atoms with van der Waals surface area (Å²) < 4.78 is 5.42. The third-order valence-corrected chi connectivity index (χ3v) is 6.42. The van der Waals surface area contributed by atoms with Gasteiger partial charge in [-0.05, 0) is 31.2 Å². The summed E-state index contributed by atoms with van der Waals surface area (Å²) in [6.45, 7) is 1.87. The second kappa shape index (κ2) is 6.84. The Hall–Kier alpha value is -2.04. The first-order valence-electron chi connectivity index (χ1n) is 7.86. The van der Waals surface area contributed by atoms with Crippen LogP contribution in [0.4, 0.5) is 0 Å². The molecule has 2 aromatic heterocycles. The van der Waals surface area contributed by atoms with Crippen LogP contribution < -0.4 is 4.74 Å². The van der Waals surface area contributed by atoms with E-state index in [1.165, 1.54) is 11.3 Å². The van der Waals surface area contributed by atoms with E-state index >= 15 is 0 Å². The van der Waals surface area contributed by atoms with Gasteiger partial charge in [-0.15, -0.1) is 16.4 Å². The molecule has 2 atom stereocenters. The van der Waals surface area contributed by atoms with E-state index in [0.717, 1.165) is 21.0 Å². The van der Waals surface area contributed by atoms with E-state index < -0.39 is 5.92 Å². The molecule has 1 aliphatic heterocycles. The molecule has 0 saturated carbocycles. The van der Waals surface area contributed by atoms with Crippen LogP contribution in [0.25, 0.3) is 10.4 Å². The van der Waals surface area contributed by atoms with Gasteiger partial charge < -0.3 is 4.74 Å². The molecular weight excluding hydrogens is 427 g/mol. The highest BCUT2D eigenvalue weighted by Crippen LogP contribution is 2.47. The summed E-state index contributed by atoms with van der Waals surface area (Å²) in [6, 6.07) is 9.30. The number of nitrogens with one attached hydrogen (secondary N) is 2. The van der Waals surface area contributed by atoms with E-state index in [4.69, 9.17) is 44.9 Å². The molecule has 4 rings (SSSR count). The number of benzene rings is 1. The van der Waals surface area contributed by atoms with Crippen molar-refractivity contribution >= 4 is 52.0 Å². The van der Waals surface area contributed by atoms with Gasteiger partial charge in [-0.2, -0.15) is 5.26 Å². The zero-order valence-electron chi connectivity index (χ0n) is 13.8. The van der Waals surface area contributed by atoms with Crippen molar-refractivity contribution < 1.29 is 4.74 Å². The van der Waals surface area contributed by atoms with Gasteiger partial charge in [0.05, 0.1) is 22.0 Å². The molecular formula is C18H11Cl3N4OS. The third kappa shape index (κ3) is 3.01. The number of H-pyrrole nitrogens is 1. The normalized spacial score (nSPS) is 18.7. The van der Waals surface area contributed by atoms with Crippen LogP contribution in [0.2, 0.25) is 15.1 Å². The van der Waals surface area contributed by atoms with Gasteiger partial charge in [-0.25, -0.2) is 0 Å². The number of aromatic amines is 1. The van der Waals surface area contributed by atoms with E-state index in [9.17, 15) is 5.26 Å². The minimum absolute atomic E-state index is 0.112. The number of aromatic nitrogens is 2. The monoisotopic (exact) mass is 436 g/mol. The highest BCUT2D eigenvalue weighted by molar-refractivity contribution is 7.15. The van der Waals surface area contributed by atoms with E-state index in [-0.39, 0.29) is 11.8 Å². The number of ether oxygens (including phenoxy) is 1. The SMILES string of the molecule is Cc1[nH]nc2c1C(c1ccc(-c3c(Cl)cc(Cl)cc3Cl)s1)C(C#N)C(=N)O2. The van der Waals surface area contributed by atoms with Crippen molar-refractivity contribution in [3.8, 4) is 22.4 Å². The molecule has 0 bridgehead atoms. The Morgan fingerprint density at radius 3 is 2.63 bits per heavy atom. The summed E-state index contributed by atoms with van der Waals surface area (Å²) in [5, 5.41) is 26.1. The van der Waals surface area contributed by atoms with Gasteiger partial charge in [-0.3, -0.25) is 10.5 Å². The minimum Gasteiger partial charge on any atom is -0.422 e. The van der Waals surface area contributed by atoms with Crippen LogP contribution in [0.1, 0.15) is 22.1 Å². The number of aryl methyl sites for hydroxylation is 1. The van der Waals surface area contributed by atoms with Gasteiger partial charge in [0.2, 0.25) is 11.8 Å². The topological polar surface area (TPSA) is 85.5 Å². The number of rotatable bonds is 2. The number of nitriles is 1. The Morgan fingerprint density at radius 2 is 1.96 bits per heavy atom. The van der Waals surface area contributed by atoms with Crippen molar-refractivity contribution in [2.75, 3.05) is 0 Å². The Balaban J connectivity index is 1.85. The molecule has 2 unspecified atom stereocenters. The van der Waals surface area contributed by atoms with E-state index in [0.29, 0.717) is 26.5 Å². The molecule has 0 saturated heterocycles. The zero-order chi connectivity index (χ0) is 19.3. The third-order valence-electron chi connectivity index (χ3n) is 4.42. The molecule has 2 N–H and O–H groups in total. The Kier molecular flexibility index (Phi) is 4.65. The lowest BCUT2D eigenvalue weighted by molar-refractivity contribution is 0.438. The summed E-state index contributed by atoms with van der Waals surface area (Å²) >= 11 is 20.2. The predicted octanol–water partition coefficient (Wildman–Crippen LogP) is 6.05. The predicted molar refractivity (Wildman–Crippen MR) is 107 cm³/mol. The molecule has 5 nitrogen and oxygen atoms in total. The summed E-state index contributed by atoms with van der Waals surface area (Å²) in [6.07, 6.45) is 0. The van der Waals surface area contributed by atoms with Crippen molar-refractivity contribution in [3.63, 3.8) is 0 Å². The number of fused-ring (bicyclic) bond motifs is 1. The molecule has 0 radical (unpaired) electrons. The van der Waals surface area contributed by atoms with Crippen LogP contribution in [-0.4, -0.2) is 16.1 Å².